The fourth-order valence-electron chi connectivity index (χ4n) is 2.43. The molecule has 0 saturated heterocycles. The third-order valence-corrected chi connectivity index (χ3v) is 4.15. The van der Waals surface area contributed by atoms with Gasteiger partial charge in [0.05, 0.1) is 16.4 Å². The van der Waals surface area contributed by atoms with Gasteiger partial charge in [0.2, 0.25) is 0 Å². The second-order valence-corrected chi connectivity index (χ2v) is 6.51. The summed E-state index contributed by atoms with van der Waals surface area (Å²) < 4.78 is 10.6. The van der Waals surface area contributed by atoms with Crippen LogP contribution in [0.1, 0.15) is 0 Å². The van der Waals surface area contributed by atoms with Crippen LogP contribution in [0.4, 0.5) is 11.4 Å². The van der Waals surface area contributed by atoms with E-state index in [2.05, 4.69) is 16.0 Å². The summed E-state index contributed by atoms with van der Waals surface area (Å²) in [5.41, 5.74) is 0.518. The molecule has 1 atom stereocenters. The number of hydrogen-bond acceptors (Lipinski definition) is 6. The van der Waals surface area contributed by atoms with E-state index in [1.807, 2.05) is 6.07 Å². The van der Waals surface area contributed by atoms with Crippen LogP contribution in [-0.4, -0.2) is 48.7 Å². The second-order valence-electron chi connectivity index (χ2n) is 6.11. The quantitative estimate of drug-likeness (QED) is 0.521. The van der Waals surface area contributed by atoms with E-state index in [9.17, 15) is 19.5 Å². The maximum absolute atomic E-state index is 12.1. The van der Waals surface area contributed by atoms with Gasteiger partial charge in [-0.05, 0) is 18.2 Å². The van der Waals surface area contributed by atoms with Gasteiger partial charge in [0, 0.05) is 12.6 Å². The number of amides is 3. The molecule has 3 amide bonds. The molecule has 0 aromatic heterocycles. The summed E-state index contributed by atoms with van der Waals surface area (Å²) in [7, 11) is 0. The molecular formula is C19H18ClN3O6. The molecule has 152 valence electrons. The first-order chi connectivity index (χ1) is 13.9. The predicted octanol–water partition coefficient (Wildman–Crippen LogP) is 1.17. The number of para-hydroxylation sites is 1. The number of carbonyl (C=O) groups is 3. The lowest BCUT2D eigenvalue weighted by Gasteiger charge is -2.19. The third kappa shape index (κ3) is 5.59. The Kier molecular flexibility index (Phi) is 6.53. The standard InChI is InChI=1S/C19H18ClN3O6/c20-13-6-15-16(29-10-17(25)22-15)7-14(13)23-19(27)18(26)21-8-11(24)9-28-12-4-2-1-3-5-12/h1-7,11,24H,8-10H2,(H,21,26)(H,22,25)(H,23,27). The van der Waals surface area contributed by atoms with Gasteiger partial charge in [0.15, 0.2) is 6.61 Å². The molecule has 0 aliphatic carbocycles. The van der Waals surface area contributed by atoms with Gasteiger partial charge in [-0.1, -0.05) is 29.8 Å². The number of ether oxygens (including phenoxy) is 2. The normalized spacial score (nSPS) is 13.4. The van der Waals surface area contributed by atoms with Crippen molar-refractivity contribution in [1.29, 1.82) is 0 Å². The zero-order valence-electron chi connectivity index (χ0n) is 15.1. The fraction of sp³-hybridized carbons (Fsp3) is 0.211. The highest BCUT2D eigenvalue weighted by Gasteiger charge is 2.21. The molecule has 3 rings (SSSR count). The SMILES string of the molecule is O=C1COc2cc(NC(=O)C(=O)NCC(O)COc3ccccc3)c(Cl)cc2N1. The van der Waals surface area contributed by atoms with Crippen molar-refractivity contribution in [3.05, 3.63) is 47.5 Å². The summed E-state index contributed by atoms with van der Waals surface area (Å²) in [6.07, 6.45) is -1.00. The van der Waals surface area contributed by atoms with Crippen molar-refractivity contribution in [2.75, 3.05) is 30.4 Å². The number of aliphatic hydroxyl groups excluding tert-OH is 1. The van der Waals surface area contributed by atoms with Crippen molar-refractivity contribution in [2.24, 2.45) is 0 Å². The van der Waals surface area contributed by atoms with Crippen LogP contribution < -0.4 is 25.4 Å². The van der Waals surface area contributed by atoms with Gasteiger partial charge in [0.25, 0.3) is 5.91 Å². The smallest absolute Gasteiger partial charge is 0.313 e. The Morgan fingerprint density at radius 1 is 1.24 bits per heavy atom. The van der Waals surface area contributed by atoms with E-state index in [1.54, 1.807) is 24.3 Å². The van der Waals surface area contributed by atoms with E-state index >= 15 is 0 Å². The molecule has 0 saturated carbocycles. The predicted molar refractivity (Wildman–Crippen MR) is 105 cm³/mol. The second kappa shape index (κ2) is 9.26. The molecule has 10 heteroatoms. The van der Waals surface area contributed by atoms with Gasteiger partial charge >= 0.3 is 11.8 Å². The molecule has 1 unspecified atom stereocenters. The van der Waals surface area contributed by atoms with Gasteiger partial charge in [-0.3, -0.25) is 14.4 Å². The van der Waals surface area contributed by atoms with Crippen LogP contribution in [-0.2, 0) is 14.4 Å². The highest BCUT2D eigenvalue weighted by molar-refractivity contribution is 6.41. The Balaban J connectivity index is 1.49. The van der Waals surface area contributed by atoms with E-state index in [4.69, 9.17) is 21.1 Å². The minimum Gasteiger partial charge on any atom is -0.491 e. The van der Waals surface area contributed by atoms with Crippen LogP contribution in [0.5, 0.6) is 11.5 Å². The molecule has 4 N–H and O–H groups in total. The topological polar surface area (TPSA) is 126 Å². The first-order valence-electron chi connectivity index (χ1n) is 8.63. The van der Waals surface area contributed by atoms with Gasteiger partial charge in [-0.25, -0.2) is 0 Å². The van der Waals surface area contributed by atoms with Crippen LogP contribution in [0, 0.1) is 0 Å². The molecule has 1 heterocycles. The molecule has 1 aliphatic heterocycles. The first-order valence-corrected chi connectivity index (χ1v) is 9.01. The molecule has 1 aliphatic rings. The molecule has 2 aromatic carbocycles. The summed E-state index contributed by atoms with van der Waals surface area (Å²) in [6.45, 7) is -0.386. The number of rotatable bonds is 6. The minimum atomic E-state index is -1.00. The summed E-state index contributed by atoms with van der Waals surface area (Å²) in [5.74, 6) is -1.34. The lowest BCUT2D eigenvalue weighted by atomic mass is 10.2. The van der Waals surface area contributed by atoms with Crippen LogP contribution in [0.2, 0.25) is 5.02 Å². The summed E-state index contributed by atoms with van der Waals surface area (Å²) >= 11 is 6.07. The average Bonchev–Trinajstić information content (AvgIpc) is 2.71. The van der Waals surface area contributed by atoms with Crippen LogP contribution in [0.3, 0.4) is 0 Å². The maximum atomic E-state index is 12.1. The molecule has 0 radical (unpaired) electrons. The van der Waals surface area contributed by atoms with Gasteiger partial charge in [-0.2, -0.15) is 0 Å². The molecule has 2 aromatic rings. The number of aliphatic hydroxyl groups is 1. The number of halogens is 1. The van der Waals surface area contributed by atoms with Crippen molar-refractivity contribution >= 4 is 40.7 Å². The van der Waals surface area contributed by atoms with Gasteiger partial charge in [-0.15, -0.1) is 0 Å². The lowest BCUT2D eigenvalue weighted by Crippen LogP contribution is -2.41. The molecule has 9 nitrogen and oxygen atoms in total. The Morgan fingerprint density at radius 3 is 2.76 bits per heavy atom. The van der Waals surface area contributed by atoms with Crippen molar-refractivity contribution in [3.8, 4) is 11.5 Å². The molecule has 0 bridgehead atoms. The minimum absolute atomic E-state index is 0.0500. The zero-order valence-corrected chi connectivity index (χ0v) is 15.9. The Labute approximate surface area is 170 Å². The molecule has 0 spiro atoms. The zero-order chi connectivity index (χ0) is 20.8. The van der Waals surface area contributed by atoms with E-state index in [0.29, 0.717) is 17.2 Å². The highest BCUT2D eigenvalue weighted by Crippen LogP contribution is 2.36. The van der Waals surface area contributed by atoms with Crippen molar-refractivity contribution in [2.45, 2.75) is 6.10 Å². The molecule has 0 fully saturated rings. The van der Waals surface area contributed by atoms with E-state index < -0.39 is 17.9 Å². The first kappa shape index (κ1) is 20.4. The summed E-state index contributed by atoms with van der Waals surface area (Å²) in [5, 5.41) is 17.3. The highest BCUT2D eigenvalue weighted by atomic mass is 35.5. The number of fused-ring (bicyclic) bond motifs is 1. The lowest BCUT2D eigenvalue weighted by molar-refractivity contribution is -0.136. The molecule has 29 heavy (non-hydrogen) atoms. The monoisotopic (exact) mass is 419 g/mol. The van der Waals surface area contributed by atoms with Crippen molar-refractivity contribution < 1.29 is 29.0 Å². The summed E-state index contributed by atoms with van der Waals surface area (Å²) in [4.78, 5) is 35.3. The van der Waals surface area contributed by atoms with Crippen molar-refractivity contribution in [1.82, 2.24) is 5.32 Å². The maximum Gasteiger partial charge on any atom is 0.313 e. The van der Waals surface area contributed by atoms with Crippen LogP contribution in [0.25, 0.3) is 0 Å². The Morgan fingerprint density at radius 2 is 2.00 bits per heavy atom. The van der Waals surface area contributed by atoms with Crippen LogP contribution in [0.15, 0.2) is 42.5 Å². The van der Waals surface area contributed by atoms with Gasteiger partial charge < -0.3 is 30.5 Å². The Bertz CT molecular complexity index is 922. The number of hydrogen-bond donors (Lipinski definition) is 4. The fourth-order valence-corrected chi connectivity index (χ4v) is 2.64. The number of benzene rings is 2. The third-order valence-electron chi connectivity index (χ3n) is 3.84. The van der Waals surface area contributed by atoms with E-state index in [-0.39, 0.29) is 36.4 Å². The summed E-state index contributed by atoms with van der Waals surface area (Å²) in [6, 6.07) is 11.7. The van der Waals surface area contributed by atoms with Crippen LogP contribution >= 0.6 is 11.6 Å². The van der Waals surface area contributed by atoms with Gasteiger partial charge in [0.1, 0.15) is 24.2 Å². The van der Waals surface area contributed by atoms with Crippen molar-refractivity contribution in [3.63, 3.8) is 0 Å². The number of anilines is 2. The number of nitrogens with one attached hydrogen (secondary N) is 3. The Hall–Kier alpha value is -3.30. The van der Waals surface area contributed by atoms with E-state index in [1.165, 1.54) is 12.1 Å². The largest absolute Gasteiger partial charge is 0.491 e. The number of carbonyl (C=O) groups excluding carboxylic acids is 3. The average molecular weight is 420 g/mol. The van der Waals surface area contributed by atoms with E-state index in [0.717, 1.165) is 0 Å². The molecular weight excluding hydrogens is 402 g/mol.